The van der Waals surface area contributed by atoms with Crippen molar-refractivity contribution in [2.75, 3.05) is 0 Å². The molecule has 2 aromatic rings. The van der Waals surface area contributed by atoms with Gasteiger partial charge in [-0.2, -0.15) is 0 Å². The summed E-state index contributed by atoms with van der Waals surface area (Å²) in [6.45, 7) is 4.59. The van der Waals surface area contributed by atoms with E-state index in [1.807, 2.05) is 0 Å². The highest BCUT2D eigenvalue weighted by molar-refractivity contribution is 5.84. The van der Waals surface area contributed by atoms with Gasteiger partial charge in [0.25, 0.3) is 0 Å². The number of unbranched alkanes of at least 4 members (excludes halogenated alkanes) is 6. The largest absolute Gasteiger partial charge is 0.0654 e. The molecule has 0 nitrogen and oxygen atoms in total. The summed E-state index contributed by atoms with van der Waals surface area (Å²) in [5.74, 6) is 1.80. The fourth-order valence-electron chi connectivity index (χ4n) is 5.12. The van der Waals surface area contributed by atoms with Gasteiger partial charge in [0.15, 0.2) is 0 Å². The van der Waals surface area contributed by atoms with E-state index in [4.69, 9.17) is 0 Å². The first-order valence-electron chi connectivity index (χ1n) is 12.3. The molecule has 0 heteroatoms. The minimum atomic E-state index is 0.796. The maximum Gasteiger partial charge on any atom is -0.0162 e. The van der Waals surface area contributed by atoms with Gasteiger partial charge in [-0.15, -0.1) is 0 Å². The Morgan fingerprint density at radius 2 is 1.36 bits per heavy atom. The van der Waals surface area contributed by atoms with Crippen molar-refractivity contribution in [3.8, 4) is 0 Å². The molecule has 28 heavy (non-hydrogen) atoms. The Kier molecular flexibility index (Phi) is 8.90. The van der Waals surface area contributed by atoms with Crippen LogP contribution in [0.5, 0.6) is 0 Å². The molecule has 1 saturated carbocycles. The fraction of sp³-hybridized carbons (Fsp3) is 0.643. The van der Waals surface area contributed by atoms with Crippen molar-refractivity contribution < 1.29 is 0 Å². The highest BCUT2D eigenvalue weighted by Crippen LogP contribution is 2.38. The minimum absolute atomic E-state index is 0.796. The first-order chi connectivity index (χ1) is 13.8. The summed E-state index contributed by atoms with van der Waals surface area (Å²) in [6.07, 6.45) is 19.5. The van der Waals surface area contributed by atoms with Gasteiger partial charge in [0.05, 0.1) is 0 Å². The maximum atomic E-state index is 2.49. The summed E-state index contributed by atoms with van der Waals surface area (Å²) in [7, 11) is 0. The van der Waals surface area contributed by atoms with Gasteiger partial charge in [0.1, 0.15) is 0 Å². The van der Waals surface area contributed by atoms with Crippen LogP contribution in [0.3, 0.4) is 0 Å². The van der Waals surface area contributed by atoms with Crippen molar-refractivity contribution in [2.45, 2.75) is 110 Å². The molecule has 0 aliphatic heterocycles. The molecule has 2 aromatic carbocycles. The third kappa shape index (κ3) is 6.36. The molecule has 0 saturated heterocycles. The van der Waals surface area contributed by atoms with E-state index >= 15 is 0 Å². The van der Waals surface area contributed by atoms with E-state index < -0.39 is 0 Å². The Hall–Kier alpha value is -1.30. The molecule has 0 spiro atoms. The molecule has 0 heterocycles. The zero-order valence-electron chi connectivity index (χ0n) is 18.5. The summed E-state index contributed by atoms with van der Waals surface area (Å²) in [4.78, 5) is 0. The van der Waals surface area contributed by atoms with Gasteiger partial charge in [-0.05, 0) is 72.3 Å². The monoisotopic (exact) mass is 378 g/mol. The average molecular weight is 379 g/mol. The molecule has 0 radical (unpaired) electrons. The molecule has 3 rings (SSSR count). The van der Waals surface area contributed by atoms with Crippen LogP contribution >= 0.6 is 0 Å². The van der Waals surface area contributed by atoms with E-state index in [9.17, 15) is 0 Å². The van der Waals surface area contributed by atoms with Crippen molar-refractivity contribution >= 4 is 10.8 Å². The lowest BCUT2D eigenvalue weighted by molar-refractivity contribution is 0.302. The van der Waals surface area contributed by atoms with Gasteiger partial charge in [0.2, 0.25) is 0 Å². The number of hydrogen-bond acceptors (Lipinski definition) is 0. The number of aryl methyl sites for hydroxylation is 1. The molecule has 0 aromatic heterocycles. The van der Waals surface area contributed by atoms with E-state index in [0.717, 1.165) is 11.8 Å². The molecular formula is C28H42. The van der Waals surface area contributed by atoms with Crippen molar-refractivity contribution in [1.82, 2.24) is 0 Å². The third-order valence-corrected chi connectivity index (χ3v) is 7.03. The van der Waals surface area contributed by atoms with Gasteiger partial charge >= 0.3 is 0 Å². The highest BCUT2D eigenvalue weighted by Gasteiger charge is 2.22. The summed E-state index contributed by atoms with van der Waals surface area (Å²) in [6, 6.07) is 14.5. The maximum absolute atomic E-state index is 2.49. The van der Waals surface area contributed by atoms with Crippen LogP contribution in [0.25, 0.3) is 10.8 Å². The van der Waals surface area contributed by atoms with Crippen molar-refractivity contribution in [2.24, 2.45) is 5.92 Å². The van der Waals surface area contributed by atoms with E-state index in [0.29, 0.717) is 0 Å². The van der Waals surface area contributed by atoms with Gasteiger partial charge < -0.3 is 0 Å². The Morgan fingerprint density at radius 1 is 0.679 bits per heavy atom. The third-order valence-electron chi connectivity index (χ3n) is 7.03. The van der Waals surface area contributed by atoms with Gasteiger partial charge in [-0.1, -0.05) is 102 Å². The van der Waals surface area contributed by atoms with Crippen LogP contribution in [0.2, 0.25) is 0 Å². The standard InChI is InChI=1S/C28H42/c1-3-5-7-9-11-23-13-16-25(17-14-23)27-20-19-26-21-24(12-10-8-6-4-2)15-18-28(26)22-27/h15,18-23,25H,3-14,16-17H2,1-2H3. The second-order valence-corrected chi connectivity index (χ2v) is 9.32. The van der Waals surface area contributed by atoms with E-state index in [2.05, 4.69) is 50.2 Å². The number of fused-ring (bicyclic) bond motifs is 1. The second kappa shape index (κ2) is 11.6. The average Bonchev–Trinajstić information content (AvgIpc) is 2.74. The molecule has 1 aliphatic rings. The molecule has 154 valence electrons. The van der Waals surface area contributed by atoms with E-state index in [1.165, 1.54) is 106 Å². The van der Waals surface area contributed by atoms with Crippen LogP contribution in [0, 0.1) is 5.92 Å². The molecule has 0 amide bonds. The van der Waals surface area contributed by atoms with Crippen LogP contribution < -0.4 is 0 Å². The van der Waals surface area contributed by atoms with Gasteiger partial charge in [0, 0.05) is 0 Å². The Morgan fingerprint density at radius 3 is 2.11 bits per heavy atom. The number of rotatable bonds is 11. The first kappa shape index (κ1) is 21.4. The zero-order chi connectivity index (χ0) is 19.6. The molecule has 0 N–H and O–H groups in total. The SMILES string of the molecule is CCCCCCc1ccc2cc(C3CCC(CCCCCC)CC3)ccc2c1. The lowest BCUT2D eigenvalue weighted by Crippen LogP contribution is -2.13. The lowest BCUT2D eigenvalue weighted by Gasteiger charge is -2.29. The molecule has 0 bridgehead atoms. The smallest absolute Gasteiger partial charge is 0.0162 e. The number of hydrogen-bond donors (Lipinski definition) is 0. The Balaban J connectivity index is 1.52. The van der Waals surface area contributed by atoms with Crippen LogP contribution in [0.4, 0.5) is 0 Å². The summed E-state index contributed by atoms with van der Waals surface area (Å²) >= 11 is 0. The molecule has 0 unspecified atom stereocenters. The second-order valence-electron chi connectivity index (χ2n) is 9.32. The van der Waals surface area contributed by atoms with E-state index in [-0.39, 0.29) is 0 Å². The summed E-state index contributed by atoms with van der Waals surface area (Å²) < 4.78 is 0. The minimum Gasteiger partial charge on any atom is -0.0654 e. The van der Waals surface area contributed by atoms with Crippen molar-refractivity contribution in [3.63, 3.8) is 0 Å². The highest BCUT2D eigenvalue weighted by atomic mass is 14.3. The van der Waals surface area contributed by atoms with Crippen molar-refractivity contribution in [1.29, 1.82) is 0 Å². The lowest BCUT2D eigenvalue weighted by atomic mass is 9.76. The van der Waals surface area contributed by atoms with Gasteiger partial charge in [-0.25, -0.2) is 0 Å². The molecule has 0 atom stereocenters. The predicted molar refractivity (Wildman–Crippen MR) is 125 cm³/mol. The van der Waals surface area contributed by atoms with Crippen molar-refractivity contribution in [3.05, 3.63) is 47.5 Å². The quantitative estimate of drug-likeness (QED) is 0.342. The van der Waals surface area contributed by atoms with Crippen LogP contribution in [0.15, 0.2) is 36.4 Å². The first-order valence-corrected chi connectivity index (χ1v) is 12.3. The van der Waals surface area contributed by atoms with Crippen LogP contribution in [-0.4, -0.2) is 0 Å². The predicted octanol–water partition coefficient (Wildman–Crippen LogP) is 9.21. The topological polar surface area (TPSA) is 0 Å². The molecule has 1 aliphatic carbocycles. The normalized spacial score (nSPS) is 19.9. The van der Waals surface area contributed by atoms with Crippen LogP contribution in [-0.2, 0) is 6.42 Å². The molecule has 1 fully saturated rings. The fourth-order valence-corrected chi connectivity index (χ4v) is 5.12. The summed E-state index contributed by atoms with van der Waals surface area (Å²) in [5, 5.41) is 2.87. The number of benzene rings is 2. The van der Waals surface area contributed by atoms with Gasteiger partial charge in [-0.3, -0.25) is 0 Å². The molecular weight excluding hydrogens is 336 g/mol. The zero-order valence-corrected chi connectivity index (χ0v) is 18.5. The summed E-state index contributed by atoms with van der Waals surface area (Å²) in [5.41, 5.74) is 3.10. The Bertz CT molecular complexity index is 690. The Labute approximate surface area is 174 Å². The van der Waals surface area contributed by atoms with Crippen LogP contribution in [0.1, 0.15) is 114 Å². The van der Waals surface area contributed by atoms with E-state index in [1.54, 1.807) is 5.56 Å².